The molecule has 0 radical (unpaired) electrons. The maximum atomic E-state index is 13.1. The van der Waals surface area contributed by atoms with Gasteiger partial charge in [0.1, 0.15) is 11.6 Å². The molecule has 0 atom stereocenters. The van der Waals surface area contributed by atoms with Crippen molar-refractivity contribution in [2.45, 2.75) is 20.5 Å². The Morgan fingerprint density at radius 2 is 2.11 bits per heavy atom. The number of ether oxygens (including phenoxy) is 1. The molecule has 1 aromatic carbocycles. The van der Waals surface area contributed by atoms with E-state index in [4.69, 9.17) is 9.84 Å². The Labute approximate surface area is 104 Å². The van der Waals surface area contributed by atoms with E-state index in [1.54, 1.807) is 19.9 Å². The molecule has 1 N–H and O–H groups in total. The van der Waals surface area contributed by atoms with Crippen LogP contribution in [0.5, 0.6) is 11.8 Å². The van der Waals surface area contributed by atoms with Crippen LogP contribution in [0.2, 0.25) is 0 Å². The predicted octanol–water partition coefficient (Wildman–Crippen LogP) is 2.52. The maximum Gasteiger partial charge on any atom is 0.322 e. The van der Waals surface area contributed by atoms with E-state index in [-0.39, 0.29) is 18.4 Å². The summed E-state index contributed by atoms with van der Waals surface area (Å²) in [6.45, 7) is 3.31. The predicted molar refractivity (Wildman–Crippen MR) is 63.9 cm³/mol. The highest BCUT2D eigenvalue weighted by molar-refractivity contribution is 5.31. The fourth-order valence-corrected chi connectivity index (χ4v) is 1.46. The van der Waals surface area contributed by atoms with Gasteiger partial charge in [0, 0.05) is 11.8 Å². The molecule has 2 aromatic rings. The molecule has 0 amide bonds. The van der Waals surface area contributed by atoms with Gasteiger partial charge in [-0.25, -0.2) is 9.37 Å². The van der Waals surface area contributed by atoms with Crippen LogP contribution >= 0.6 is 0 Å². The molecule has 5 heteroatoms. The van der Waals surface area contributed by atoms with Gasteiger partial charge < -0.3 is 9.84 Å². The van der Waals surface area contributed by atoms with Crippen molar-refractivity contribution >= 4 is 0 Å². The molecular weight excluding hydrogens is 235 g/mol. The third kappa shape index (κ3) is 2.62. The van der Waals surface area contributed by atoms with E-state index in [1.807, 2.05) is 0 Å². The summed E-state index contributed by atoms with van der Waals surface area (Å²) in [4.78, 5) is 8.07. The molecule has 2 rings (SSSR count). The van der Waals surface area contributed by atoms with E-state index >= 15 is 0 Å². The van der Waals surface area contributed by atoms with Crippen molar-refractivity contribution in [1.82, 2.24) is 9.97 Å². The molecule has 0 bridgehead atoms. The number of aromatic nitrogens is 2. The van der Waals surface area contributed by atoms with Crippen LogP contribution in [0.15, 0.2) is 24.4 Å². The molecule has 0 saturated carbocycles. The Hall–Kier alpha value is -2.01. The summed E-state index contributed by atoms with van der Waals surface area (Å²) < 4.78 is 18.5. The van der Waals surface area contributed by atoms with Crippen LogP contribution in [0.1, 0.15) is 16.8 Å². The zero-order valence-electron chi connectivity index (χ0n) is 10.1. The number of halogens is 1. The van der Waals surface area contributed by atoms with Crippen molar-refractivity contribution in [3.63, 3.8) is 0 Å². The first-order chi connectivity index (χ1) is 8.60. The van der Waals surface area contributed by atoms with E-state index in [1.165, 1.54) is 18.3 Å². The summed E-state index contributed by atoms with van der Waals surface area (Å²) in [5, 5.41) is 9.00. The number of hydrogen-bond acceptors (Lipinski definition) is 4. The first kappa shape index (κ1) is 12.4. The van der Waals surface area contributed by atoms with Crippen LogP contribution in [-0.4, -0.2) is 15.1 Å². The summed E-state index contributed by atoms with van der Waals surface area (Å²) in [7, 11) is 0. The number of nitrogens with zero attached hydrogens (tertiary/aromatic N) is 2. The minimum absolute atomic E-state index is 0.109. The minimum atomic E-state index is -0.282. The van der Waals surface area contributed by atoms with Crippen molar-refractivity contribution in [3.05, 3.63) is 47.0 Å². The molecule has 0 fully saturated rings. The number of benzene rings is 1. The summed E-state index contributed by atoms with van der Waals surface area (Å²) >= 11 is 0. The van der Waals surface area contributed by atoms with Crippen molar-refractivity contribution in [2.24, 2.45) is 0 Å². The van der Waals surface area contributed by atoms with Crippen molar-refractivity contribution < 1.29 is 14.2 Å². The van der Waals surface area contributed by atoms with Gasteiger partial charge in [0.2, 0.25) is 0 Å². The Morgan fingerprint density at radius 3 is 2.72 bits per heavy atom. The quantitative estimate of drug-likeness (QED) is 0.906. The number of rotatable bonds is 3. The molecule has 0 saturated heterocycles. The Kier molecular flexibility index (Phi) is 3.53. The number of aliphatic hydroxyl groups excluding tert-OH is 1. The van der Waals surface area contributed by atoms with Crippen LogP contribution in [0.25, 0.3) is 0 Å². The number of aryl methyl sites for hydroxylation is 2. The molecular formula is C13H13FN2O2. The molecule has 1 aromatic heterocycles. The second kappa shape index (κ2) is 5.10. The van der Waals surface area contributed by atoms with Crippen molar-refractivity contribution in [1.29, 1.82) is 0 Å². The highest BCUT2D eigenvalue weighted by Crippen LogP contribution is 2.21. The van der Waals surface area contributed by atoms with E-state index in [0.29, 0.717) is 22.6 Å². The lowest BCUT2D eigenvalue weighted by Gasteiger charge is -2.07. The number of hydrogen-bond donors (Lipinski definition) is 1. The lowest BCUT2D eigenvalue weighted by Crippen LogP contribution is -1.98. The highest BCUT2D eigenvalue weighted by atomic mass is 19.1. The zero-order chi connectivity index (χ0) is 13.1. The van der Waals surface area contributed by atoms with Gasteiger partial charge in [0.05, 0.1) is 12.3 Å². The summed E-state index contributed by atoms with van der Waals surface area (Å²) in [6, 6.07) is 4.60. The smallest absolute Gasteiger partial charge is 0.322 e. The highest BCUT2D eigenvalue weighted by Gasteiger charge is 2.06. The molecule has 94 valence electrons. The average molecular weight is 248 g/mol. The lowest BCUT2D eigenvalue weighted by atomic mass is 10.2. The first-order valence-corrected chi connectivity index (χ1v) is 5.47. The van der Waals surface area contributed by atoms with Gasteiger partial charge in [-0.1, -0.05) is 0 Å². The molecule has 0 unspecified atom stereocenters. The number of aliphatic hydroxyl groups is 1. The maximum absolute atomic E-state index is 13.1. The third-order valence-corrected chi connectivity index (χ3v) is 2.57. The van der Waals surface area contributed by atoms with Gasteiger partial charge in [0.15, 0.2) is 0 Å². The van der Waals surface area contributed by atoms with E-state index in [9.17, 15) is 4.39 Å². The Morgan fingerprint density at radius 1 is 1.33 bits per heavy atom. The normalized spacial score (nSPS) is 10.4. The molecule has 4 nitrogen and oxygen atoms in total. The van der Waals surface area contributed by atoms with Crippen LogP contribution in [0.4, 0.5) is 4.39 Å². The van der Waals surface area contributed by atoms with E-state index in [2.05, 4.69) is 9.97 Å². The lowest BCUT2D eigenvalue weighted by molar-refractivity contribution is 0.279. The van der Waals surface area contributed by atoms with Gasteiger partial charge in [0.25, 0.3) is 0 Å². The minimum Gasteiger partial charge on any atom is -0.424 e. The Balaban J connectivity index is 2.23. The van der Waals surface area contributed by atoms with Crippen molar-refractivity contribution in [2.75, 3.05) is 0 Å². The average Bonchev–Trinajstić information content (AvgIpc) is 2.34. The van der Waals surface area contributed by atoms with Crippen LogP contribution in [0, 0.1) is 19.7 Å². The molecule has 18 heavy (non-hydrogen) atoms. The van der Waals surface area contributed by atoms with Crippen LogP contribution in [0.3, 0.4) is 0 Å². The first-order valence-electron chi connectivity index (χ1n) is 5.47. The molecule has 0 aliphatic rings. The van der Waals surface area contributed by atoms with Crippen molar-refractivity contribution in [3.8, 4) is 11.8 Å². The topological polar surface area (TPSA) is 55.2 Å². The van der Waals surface area contributed by atoms with E-state index in [0.717, 1.165) is 0 Å². The third-order valence-electron chi connectivity index (χ3n) is 2.57. The Bertz CT molecular complexity index is 573. The fourth-order valence-electron chi connectivity index (χ4n) is 1.46. The fraction of sp³-hybridized carbons (Fsp3) is 0.231. The molecule has 0 aliphatic carbocycles. The van der Waals surface area contributed by atoms with Gasteiger partial charge >= 0.3 is 6.01 Å². The standard InChI is InChI=1S/C13H13FN2O2/c1-8-5-11(3-4-12(8)14)18-13-15-6-10(7-17)9(2)16-13/h3-6,17H,7H2,1-2H3. The SMILES string of the molecule is Cc1cc(Oc2ncc(CO)c(C)n2)ccc1F. The van der Waals surface area contributed by atoms with Crippen LogP contribution < -0.4 is 4.74 Å². The van der Waals surface area contributed by atoms with Gasteiger partial charge in [-0.3, -0.25) is 0 Å². The molecule has 0 aliphatic heterocycles. The summed E-state index contributed by atoms with van der Waals surface area (Å²) in [5.74, 6) is 0.195. The van der Waals surface area contributed by atoms with Crippen LogP contribution in [-0.2, 0) is 6.61 Å². The second-order valence-corrected chi connectivity index (χ2v) is 3.93. The second-order valence-electron chi connectivity index (χ2n) is 3.93. The molecule has 0 spiro atoms. The summed E-state index contributed by atoms with van der Waals surface area (Å²) in [6.07, 6.45) is 1.51. The molecule has 1 heterocycles. The largest absolute Gasteiger partial charge is 0.424 e. The van der Waals surface area contributed by atoms with Gasteiger partial charge in [-0.2, -0.15) is 4.98 Å². The van der Waals surface area contributed by atoms with Gasteiger partial charge in [-0.05, 0) is 37.6 Å². The van der Waals surface area contributed by atoms with E-state index < -0.39 is 0 Å². The zero-order valence-corrected chi connectivity index (χ0v) is 10.1. The van der Waals surface area contributed by atoms with Gasteiger partial charge in [-0.15, -0.1) is 0 Å². The summed E-state index contributed by atoms with van der Waals surface area (Å²) in [5.41, 5.74) is 1.80. The monoisotopic (exact) mass is 248 g/mol.